The maximum atomic E-state index is 12.9. The molecular formula is C28H32N4OS2. The molecule has 2 aromatic heterocycles. The van der Waals surface area contributed by atoms with E-state index in [0.717, 1.165) is 47.1 Å². The van der Waals surface area contributed by atoms with Gasteiger partial charge in [0.2, 0.25) is 0 Å². The van der Waals surface area contributed by atoms with Crippen LogP contribution in [0.3, 0.4) is 0 Å². The summed E-state index contributed by atoms with van der Waals surface area (Å²) in [6, 6.07) is 12.6. The minimum Gasteiger partial charge on any atom is -0.298 e. The summed E-state index contributed by atoms with van der Waals surface area (Å²) in [5.74, 6) is -0.156. The van der Waals surface area contributed by atoms with Crippen LogP contribution in [0.4, 0.5) is 5.13 Å². The average Bonchev–Trinajstić information content (AvgIpc) is 3.57. The first-order chi connectivity index (χ1) is 17.0. The van der Waals surface area contributed by atoms with Crippen molar-refractivity contribution in [2.45, 2.75) is 25.9 Å². The molecule has 1 aliphatic rings. The van der Waals surface area contributed by atoms with E-state index in [1.54, 1.807) is 11.3 Å². The lowest BCUT2D eigenvalue weighted by Gasteiger charge is -2.41. The number of carbonyl (C=O) groups is 1. The first-order valence-electron chi connectivity index (χ1n) is 11.8. The van der Waals surface area contributed by atoms with Gasteiger partial charge in [-0.3, -0.25) is 19.9 Å². The van der Waals surface area contributed by atoms with Crippen LogP contribution in [0.1, 0.15) is 35.8 Å². The van der Waals surface area contributed by atoms with E-state index >= 15 is 0 Å². The van der Waals surface area contributed by atoms with Gasteiger partial charge < -0.3 is 0 Å². The number of thiazole rings is 1. The van der Waals surface area contributed by atoms with Crippen molar-refractivity contribution in [1.29, 1.82) is 0 Å². The number of carbonyl (C=O) groups excluding carboxylic acids is 1. The van der Waals surface area contributed by atoms with Gasteiger partial charge in [-0.15, -0.1) is 11.3 Å². The van der Waals surface area contributed by atoms with Crippen LogP contribution in [0.2, 0.25) is 0 Å². The predicted octanol–water partition coefficient (Wildman–Crippen LogP) is 6.49. The number of rotatable bonds is 9. The Hall–Kier alpha value is -2.84. The van der Waals surface area contributed by atoms with Gasteiger partial charge in [-0.2, -0.15) is 0 Å². The van der Waals surface area contributed by atoms with Crippen LogP contribution in [-0.2, 0) is 0 Å². The number of amides is 1. The zero-order valence-corrected chi connectivity index (χ0v) is 21.9. The Bertz CT molecular complexity index is 1170. The molecule has 35 heavy (non-hydrogen) atoms. The van der Waals surface area contributed by atoms with Gasteiger partial charge in [0.25, 0.3) is 5.91 Å². The molecule has 3 heterocycles. The fourth-order valence-corrected chi connectivity index (χ4v) is 6.01. The number of piperazine rings is 1. The van der Waals surface area contributed by atoms with Crippen LogP contribution in [0.25, 0.3) is 9.75 Å². The molecule has 0 bridgehead atoms. The number of nitrogens with one attached hydrogen (secondary N) is 1. The first kappa shape index (κ1) is 25.3. The molecule has 1 unspecified atom stereocenters. The normalized spacial score (nSPS) is 16.3. The van der Waals surface area contributed by atoms with Crippen molar-refractivity contribution in [2.75, 3.05) is 31.5 Å². The van der Waals surface area contributed by atoms with Gasteiger partial charge in [0.15, 0.2) is 5.13 Å². The molecule has 1 N–H and O–H groups in total. The summed E-state index contributed by atoms with van der Waals surface area (Å²) in [6.07, 6.45) is 7.56. The van der Waals surface area contributed by atoms with Crippen LogP contribution in [0, 0.1) is 0 Å². The minimum atomic E-state index is -0.156. The lowest BCUT2D eigenvalue weighted by Crippen LogP contribution is -2.50. The topological polar surface area (TPSA) is 48.5 Å². The molecule has 1 atom stereocenters. The third-order valence-corrected chi connectivity index (χ3v) is 8.26. The molecule has 1 fully saturated rings. The summed E-state index contributed by atoms with van der Waals surface area (Å²) < 4.78 is 0. The fraction of sp³-hybridized carbons (Fsp3) is 0.286. The van der Waals surface area contributed by atoms with Gasteiger partial charge in [-0.25, -0.2) is 4.98 Å². The Balaban J connectivity index is 1.50. The Labute approximate surface area is 216 Å². The highest BCUT2D eigenvalue weighted by atomic mass is 32.1. The lowest BCUT2D eigenvalue weighted by molar-refractivity contribution is 0.0891. The second-order valence-electron chi connectivity index (χ2n) is 8.76. The number of nitrogens with zero attached hydrogens (tertiary/aromatic N) is 3. The summed E-state index contributed by atoms with van der Waals surface area (Å²) in [5, 5.41) is 5.58. The number of anilines is 1. The number of hydrogen-bond donors (Lipinski definition) is 1. The van der Waals surface area contributed by atoms with E-state index in [1.165, 1.54) is 11.3 Å². The summed E-state index contributed by atoms with van der Waals surface area (Å²) in [4.78, 5) is 24.5. The van der Waals surface area contributed by atoms with Gasteiger partial charge in [0.05, 0.1) is 10.9 Å². The van der Waals surface area contributed by atoms with E-state index in [0.29, 0.717) is 16.7 Å². The van der Waals surface area contributed by atoms with Crippen molar-refractivity contribution >= 4 is 33.7 Å². The van der Waals surface area contributed by atoms with Crippen molar-refractivity contribution in [2.24, 2.45) is 0 Å². The highest BCUT2D eigenvalue weighted by Crippen LogP contribution is 2.33. The Morgan fingerprint density at radius 1 is 1.06 bits per heavy atom. The third-order valence-electron chi connectivity index (χ3n) is 6.28. The number of aromatic nitrogens is 1. The highest BCUT2D eigenvalue weighted by molar-refractivity contribution is 7.23. The predicted molar refractivity (Wildman–Crippen MR) is 149 cm³/mol. The molecule has 0 saturated carbocycles. The van der Waals surface area contributed by atoms with Crippen LogP contribution >= 0.6 is 22.7 Å². The van der Waals surface area contributed by atoms with Crippen LogP contribution < -0.4 is 5.32 Å². The second kappa shape index (κ2) is 11.7. The molecule has 0 aliphatic carbocycles. The molecule has 5 nitrogen and oxygen atoms in total. The maximum Gasteiger partial charge on any atom is 0.257 e. The highest BCUT2D eigenvalue weighted by Gasteiger charge is 2.27. The number of thiophene rings is 1. The van der Waals surface area contributed by atoms with Crippen molar-refractivity contribution < 1.29 is 4.79 Å². The summed E-state index contributed by atoms with van der Waals surface area (Å²) in [7, 11) is 0. The lowest BCUT2D eigenvalue weighted by atomic mass is 9.94. The first-order valence-corrected chi connectivity index (χ1v) is 13.5. The van der Waals surface area contributed by atoms with Crippen molar-refractivity contribution in [1.82, 2.24) is 14.8 Å². The molecule has 1 amide bonds. The third kappa shape index (κ3) is 6.05. The van der Waals surface area contributed by atoms with Crippen molar-refractivity contribution in [3.63, 3.8) is 0 Å². The van der Waals surface area contributed by atoms with Crippen LogP contribution in [0.15, 0.2) is 84.9 Å². The molecular weight excluding hydrogens is 472 g/mol. The van der Waals surface area contributed by atoms with Gasteiger partial charge in [0, 0.05) is 48.9 Å². The van der Waals surface area contributed by atoms with E-state index in [4.69, 9.17) is 0 Å². The maximum absolute atomic E-state index is 12.9. The molecule has 7 heteroatoms. The molecule has 182 valence electrons. The van der Waals surface area contributed by atoms with E-state index in [2.05, 4.69) is 53.2 Å². The zero-order valence-electron chi connectivity index (χ0n) is 20.3. The van der Waals surface area contributed by atoms with E-state index < -0.39 is 0 Å². The molecule has 0 radical (unpaired) electrons. The van der Waals surface area contributed by atoms with Crippen LogP contribution in [-0.4, -0.2) is 52.9 Å². The van der Waals surface area contributed by atoms with Crippen molar-refractivity contribution in [3.8, 4) is 9.75 Å². The Morgan fingerprint density at radius 3 is 2.37 bits per heavy atom. The number of allylic oxidation sites excluding steroid dienone is 2. The second-order valence-corrected chi connectivity index (χ2v) is 10.7. The largest absolute Gasteiger partial charge is 0.298 e. The average molecular weight is 505 g/mol. The van der Waals surface area contributed by atoms with E-state index in [1.807, 2.05) is 60.1 Å². The Kier molecular flexibility index (Phi) is 8.46. The van der Waals surface area contributed by atoms with Gasteiger partial charge in [-0.1, -0.05) is 60.9 Å². The molecule has 1 aliphatic heterocycles. The van der Waals surface area contributed by atoms with E-state index in [9.17, 15) is 4.79 Å². The van der Waals surface area contributed by atoms with E-state index in [-0.39, 0.29) is 11.9 Å². The summed E-state index contributed by atoms with van der Waals surface area (Å²) in [6.45, 7) is 16.5. The summed E-state index contributed by atoms with van der Waals surface area (Å²) >= 11 is 3.15. The molecule has 4 rings (SSSR count). The van der Waals surface area contributed by atoms with Gasteiger partial charge in [-0.05, 0) is 48.6 Å². The molecule has 3 aromatic rings. The zero-order chi connectivity index (χ0) is 24.8. The number of benzene rings is 1. The van der Waals surface area contributed by atoms with Crippen molar-refractivity contribution in [3.05, 3.63) is 96.1 Å². The van der Waals surface area contributed by atoms with Gasteiger partial charge >= 0.3 is 0 Å². The van der Waals surface area contributed by atoms with Crippen LogP contribution in [0.5, 0.6) is 0 Å². The monoisotopic (exact) mass is 504 g/mol. The number of hydrogen-bond acceptors (Lipinski definition) is 6. The Morgan fingerprint density at radius 2 is 1.77 bits per heavy atom. The summed E-state index contributed by atoms with van der Waals surface area (Å²) in [5.41, 5.74) is 2.86. The van der Waals surface area contributed by atoms with Gasteiger partial charge in [0.1, 0.15) is 0 Å². The minimum absolute atomic E-state index is 0.0734. The fourth-order valence-electron chi connectivity index (χ4n) is 4.38. The SMILES string of the molecule is C=C/C=C(\C=C)C(c1ccc(C(=O)Nc2ncc(-c3cccs3)s2)cc1)N1CCN(C(C)C)CC1. The quantitative estimate of drug-likeness (QED) is 0.338. The molecule has 0 spiro atoms. The smallest absolute Gasteiger partial charge is 0.257 e. The molecule has 1 aromatic carbocycles. The molecule has 1 saturated heterocycles. The standard InChI is InChI=1S/C28H32N4OS2/c1-5-8-21(6-2)26(32-16-14-31(15-17-32)20(3)4)22-10-12-23(13-11-22)27(33)30-28-29-19-25(35-28)24-9-7-18-34-24/h5-13,18-20,26H,1-2,14-17H2,3-4H3,(H,29,30,33)/b21-8+.